The monoisotopic (exact) mass is 399 g/mol. The summed E-state index contributed by atoms with van der Waals surface area (Å²) in [5.41, 5.74) is 1.37. The zero-order chi connectivity index (χ0) is 20.2. The molecule has 0 N–H and O–H groups in total. The number of hydrogen-bond donors (Lipinski definition) is 0. The van der Waals surface area contributed by atoms with E-state index in [1.54, 1.807) is 6.20 Å². The summed E-state index contributed by atoms with van der Waals surface area (Å²) in [5, 5.41) is 0. The summed E-state index contributed by atoms with van der Waals surface area (Å²) in [6.45, 7) is 6.69. The SMILES string of the molecule is Cc1nc([C@H]2CCCCN2CC(=O)N2CCCC2)ncc1C(=O)N1CCCCC1. The molecule has 0 aliphatic carbocycles. The van der Waals surface area contributed by atoms with Crippen LogP contribution in [0.15, 0.2) is 6.20 Å². The largest absolute Gasteiger partial charge is 0.342 e. The first-order chi connectivity index (χ1) is 14.1. The number of aromatic nitrogens is 2. The van der Waals surface area contributed by atoms with E-state index in [4.69, 9.17) is 4.98 Å². The molecule has 4 heterocycles. The third-order valence-electron chi connectivity index (χ3n) is 6.58. The molecular formula is C22H33N5O2. The van der Waals surface area contributed by atoms with Gasteiger partial charge in [-0.1, -0.05) is 6.42 Å². The Kier molecular flexibility index (Phi) is 6.43. The Morgan fingerprint density at radius 3 is 2.31 bits per heavy atom. The van der Waals surface area contributed by atoms with Crippen LogP contribution in [0.2, 0.25) is 0 Å². The van der Waals surface area contributed by atoms with Crippen molar-refractivity contribution >= 4 is 11.8 Å². The number of nitrogens with zero attached hydrogens (tertiary/aromatic N) is 5. The van der Waals surface area contributed by atoms with Crippen molar-refractivity contribution in [2.24, 2.45) is 0 Å². The van der Waals surface area contributed by atoms with Gasteiger partial charge in [0.25, 0.3) is 5.91 Å². The van der Waals surface area contributed by atoms with Crippen molar-refractivity contribution in [1.29, 1.82) is 0 Å². The van der Waals surface area contributed by atoms with Gasteiger partial charge in [-0.2, -0.15) is 0 Å². The lowest BCUT2D eigenvalue weighted by Gasteiger charge is -2.35. The molecule has 7 nitrogen and oxygen atoms in total. The minimum atomic E-state index is 0.0541. The Morgan fingerprint density at radius 1 is 0.931 bits per heavy atom. The number of likely N-dealkylation sites (tertiary alicyclic amines) is 3. The lowest BCUT2D eigenvalue weighted by molar-refractivity contribution is -0.132. The van der Waals surface area contributed by atoms with Gasteiger partial charge in [-0.15, -0.1) is 0 Å². The predicted molar refractivity (Wildman–Crippen MR) is 111 cm³/mol. The Labute approximate surface area is 173 Å². The molecule has 0 saturated carbocycles. The number of rotatable bonds is 4. The average molecular weight is 400 g/mol. The van der Waals surface area contributed by atoms with Crippen LogP contribution in [0.4, 0.5) is 0 Å². The molecule has 1 atom stereocenters. The highest BCUT2D eigenvalue weighted by atomic mass is 16.2. The molecule has 3 fully saturated rings. The van der Waals surface area contributed by atoms with Crippen molar-refractivity contribution in [3.05, 3.63) is 23.3 Å². The van der Waals surface area contributed by atoms with Gasteiger partial charge in [-0.3, -0.25) is 14.5 Å². The second-order valence-corrected chi connectivity index (χ2v) is 8.65. The van der Waals surface area contributed by atoms with E-state index in [1.165, 1.54) is 6.42 Å². The Balaban J connectivity index is 1.47. The van der Waals surface area contributed by atoms with E-state index < -0.39 is 0 Å². The third kappa shape index (κ3) is 4.60. The van der Waals surface area contributed by atoms with Gasteiger partial charge in [-0.25, -0.2) is 9.97 Å². The van der Waals surface area contributed by atoms with Crippen LogP contribution in [0.1, 0.15) is 79.3 Å². The van der Waals surface area contributed by atoms with E-state index in [-0.39, 0.29) is 17.9 Å². The van der Waals surface area contributed by atoms with Crippen LogP contribution < -0.4 is 0 Å². The van der Waals surface area contributed by atoms with Crippen LogP contribution in [0.25, 0.3) is 0 Å². The van der Waals surface area contributed by atoms with Crippen molar-refractivity contribution in [3.63, 3.8) is 0 Å². The average Bonchev–Trinajstić information content (AvgIpc) is 3.29. The molecule has 158 valence electrons. The lowest BCUT2D eigenvalue weighted by Crippen LogP contribution is -2.43. The van der Waals surface area contributed by atoms with Crippen LogP contribution in [0, 0.1) is 6.92 Å². The fourth-order valence-electron chi connectivity index (χ4n) is 4.84. The normalized spacial score (nSPS) is 23.4. The zero-order valence-electron chi connectivity index (χ0n) is 17.6. The van der Waals surface area contributed by atoms with Crippen LogP contribution in [0.5, 0.6) is 0 Å². The third-order valence-corrected chi connectivity index (χ3v) is 6.58. The van der Waals surface area contributed by atoms with Gasteiger partial charge in [-0.05, 0) is 58.4 Å². The first kappa shape index (κ1) is 20.3. The maximum atomic E-state index is 12.9. The van der Waals surface area contributed by atoms with E-state index in [0.29, 0.717) is 12.1 Å². The number of carbonyl (C=O) groups is 2. The number of carbonyl (C=O) groups excluding carboxylic acids is 2. The van der Waals surface area contributed by atoms with E-state index in [0.717, 1.165) is 89.2 Å². The van der Waals surface area contributed by atoms with Crippen LogP contribution in [-0.2, 0) is 4.79 Å². The Hall–Kier alpha value is -2.02. The molecule has 0 bridgehead atoms. The molecule has 0 unspecified atom stereocenters. The molecule has 3 aliphatic heterocycles. The van der Waals surface area contributed by atoms with Gasteiger partial charge in [0, 0.05) is 32.4 Å². The number of piperidine rings is 2. The maximum absolute atomic E-state index is 12.9. The summed E-state index contributed by atoms with van der Waals surface area (Å²) in [6.07, 6.45) is 10.5. The molecule has 7 heteroatoms. The summed E-state index contributed by atoms with van der Waals surface area (Å²) in [6, 6.07) is 0.0631. The van der Waals surface area contributed by atoms with E-state index in [2.05, 4.69) is 9.88 Å². The highest BCUT2D eigenvalue weighted by molar-refractivity contribution is 5.95. The number of amides is 2. The second-order valence-electron chi connectivity index (χ2n) is 8.65. The van der Waals surface area contributed by atoms with Crippen LogP contribution in [-0.4, -0.2) is 75.8 Å². The van der Waals surface area contributed by atoms with E-state index >= 15 is 0 Å². The number of aryl methyl sites for hydroxylation is 1. The zero-order valence-corrected chi connectivity index (χ0v) is 17.6. The molecule has 0 aromatic carbocycles. The lowest BCUT2D eigenvalue weighted by atomic mass is 10.0. The van der Waals surface area contributed by atoms with Crippen molar-refractivity contribution in [3.8, 4) is 0 Å². The standard InChI is InChI=1S/C22H33N5O2/c1-17-18(22(29)26-12-4-2-5-13-26)15-23-21(24-17)19-9-3-6-14-27(19)16-20(28)25-10-7-8-11-25/h15,19H,2-14,16H2,1H3/t19-/m1/s1. The summed E-state index contributed by atoms with van der Waals surface area (Å²) < 4.78 is 0. The minimum absolute atomic E-state index is 0.0541. The van der Waals surface area contributed by atoms with Gasteiger partial charge in [0.1, 0.15) is 5.82 Å². The van der Waals surface area contributed by atoms with Crippen molar-refractivity contribution in [2.75, 3.05) is 39.3 Å². The van der Waals surface area contributed by atoms with Gasteiger partial charge < -0.3 is 9.80 Å². The summed E-state index contributed by atoms with van der Waals surface area (Å²) in [5.74, 6) is 1.04. The van der Waals surface area contributed by atoms with Crippen LogP contribution in [0.3, 0.4) is 0 Å². The molecule has 1 aromatic heterocycles. The van der Waals surface area contributed by atoms with Gasteiger partial charge in [0.15, 0.2) is 0 Å². The Morgan fingerprint density at radius 2 is 1.59 bits per heavy atom. The minimum Gasteiger partial charge on any atom is -0.342 e. The predicted octanol–water partition coefficient (Wildman–Crippen LogP) is 2.56. The molecule has 3 aliphatic rings. The van der Waals surface area contributed by atoms with Crippen molar-refractivity contribution < 1.29 is 9.59 Å². The summed E-state index contributed by atoms with van der Waals surface area (Å²) >= 11 is 0. The fraction of sp³-hybridized carbons (Fsp3) is 0.727. The summed E-state index contributed by atoms with van der Waals surface area (Å²) in [4.78, 5) is 41.0. The fourth-order valence-corrected chi connectivity index (χ4v) is 4.84. The molecule has 2 amide bonds. The number of hydrogen-bond acceptors (Lipinski definition) is 5. The van der Waals surface area contributed by atoms with Gasteiger partial charge >= 0.3 is 0 Å². The highest BCUT2D eigenvalue weighted by Gasteiger charge is 2.30. The molecule has 1 aromatic rings. The van der Waals surface area contributed by atoms with Crippen molar-refractivity contribution in [2.45, 2.75) is 64.3 Å². The van der Waals surface area contributed by atoms with Gasteiger partial charge in [0.2, 0.25) is 5.91 Å². The Bertz CT molecular complexity index is 741. The highest BCUT2D eigenvalue weighted by Crippen LogP contribution is 2.29. The summed E-state index contributed by atoms with van der Waals surface area (Å²) in [7, 11) is 0. The topological polar surface area (TPSA) is 69.6 Å². The molecular weight excluding hydrogens is 366 g/mol. The smallest absolute Gasteiger partial charge is 0.257 e. The van der Waals surface area contributed by atoms with E-state index in [1.807, 2.05) is 16.7 Å². The first-order valence-corrected chi connectivity index (χ1v) is 11.3. The molecule has 0 spiro atoms. The van der Waals surface area contributed by atoms with E-state index in [9.17, 15) is 9.59 Å². The molecule has 3 saturated heterocycles. The first-order valence-electron chi connectivity index (χ1n) is 11.3. The maximum Gasteiger partial charge on any atom is 0.257 e. The molecule has 4 rings (SSSR count). The molecule has 0 radical (unpaired) electrons. The van der Waals surface area contributed by atoms with Gasteiger partial charge in [0.05, 0.1) is 23.8 Å². The second kappa shape index (κ2) is 9.20. The quantitative estimate of drug-likeness (QED) is 0.778. The molecule has 29 heavy (non-hydrogen) atoms. The van der Waals surface area contributed by atoms with Crippen LogP contribution >= 0.6 is 0 Å². The van der Waals surface area contributed by atoms with Crippen molar-refractivity contribution in [1.82, 2.24) is 24.7 Å².